The van der Waals surface area contributed by atoms with Gasteiger partial charge in [0.15, 0.2) is 0 Å². The third-order valence-electron chi connectivity index (χ3n) is 5.35. The van der Waals surface area contributed by atoms with Crippen LogP contribution in [0.15, 0.2) is 47.4 Å². The lowest BCUT2D eigenvalue weighted by Gasteiger charge is -2.25. The summed E-state index contributed by atoms with van der Waals surface area (Å²) in [5.74, 6) is -1.54. The zero-order chi connectivity index (χ0) is 24.0. The van der Waals surface area contributed by atoms with Crippen molar-refractivity contribution in [2.45, 2.75) is 37.7 Å². The first-order valence-corrected chi connectivity index (χ1v) is 12.1. The molecule has 1 fully saturated rings. The predicted molar refractivity (Wildman–Crippen MR) is 122 cm³/mol. The van der Waals surface area contributed by atoms with Crippen molar-refractivity contribution in [3.05, 3.63) is 59.4 Å². The van der Waals surface area contributed by atoms with Gasteiger partial charge in [-0.1, -0.05) is 12.1 Å². The van der Waals surface area contributed by atoms with Crippen molar-refractivity contribution in [3.63, 3.8) is 0 Å². The van der Waals surface area contributed by atoms with Crippen LogP contribution in [0.1, 0.15) is 24.0 Å². The molecule has 2 aromatic carbocycles. The number of halogens is 1. The van der Waals surface area contributed by atoms with Crippen molar-refractivity contribution >= 4 is 27.5 Å². The van der Waals surface area contributed by atoms with Crippen molar-refractivity contribution in [1.82, 2.24) is 10.0 Å². The topological polar surface area (TPSA) is 105 Å². The highest BCUT2D eigenvalue weighted by Crippen LogP contribution is 2.22. The largest absolute Gasteiger partial charge is 0.376 e. The number of hydrogen-bond donors (Lipinski definition) is 2. The molecular formula is C23H28FN3O5S. The number of carbonyl (C=O) groups excluding carboxylic acids is 2. The van der Waals surface area contributed by atoms with Crippen LogP contribution in [0.25, 0.3) is 0 Å². The molecule has 0 saturated carbocycles. The number of rotatable bonds is 9. The van der Waals surface area contributed by atoms with Gasteiger partial charge in [0, 0.05) is 18.8 Å². The number of benzene rings is 2. The molecule has 33 heavy (non-hydrogen) atoms. The Morgan fingerprint density at radius 3 is 2.55 bits per heavy atom. The summed E-state index contributed by atoms with van der Waals surface area (Å²) in [6.45, 7) is 3.86. The van der Waals surface area contributed by atoms with E-state index in [1.165, 1.54) is 4.90 Å². The molecule has 8 nitrogen and oxygen atoms in total. The first-order chi connectivity index (χ1) is 15.7. The quantitative estimate of drug-likeness (QED) is 0.575. The van der Waals surface area contributed by atoms with E-state index in [4.69, 9.17) is 4.74 Å². The zero-order valence-corrected chi connectivity index (χ0v) is 19.5. The van der Waals surface area contributed by atoms with Crippen LogP contribution in [0.4, 0.5) is 10.1 Å². The van der Waals surface area contributed by atoms with Crippen LogP contribution in [-0.2, 0) is 24.3 Å². The molecule has 1 saturated heterocycles. The summed E-state index contributed by atoms with van der Waals surface area (Å²) in [7, 11) is -4.04. The van der Waals surface area contributed by atoms with Crippen molar-refractivity contribution in [3.8, 4) is 0 Å². The molecule has 3 rings (SSSR count). The van der Waals surface area contributed by atoms with Gasteiger partial charge >= 0.3 is 0 Å². The molecule has 1 unspecified atom stereocenters. The molecule has 1 atom stereocenters. The summed E-state index contributed by atoms with van der Waals surface area (Å²) >= 11 is 0. The Morgan fingerprint density at radius 2 is 1.88 bits per heavy atom. The lowest BCUT2D eigenvalue weighted by molar-refractivity contribution is -0.123. The number of amides is 2. The molecular weight excluding hydrogens is 449 g/mol. The van der Waals surface area contributed by atoms with Gasteiger partial charge in [0.2, 0.25) is 21.8 Å². The molecule has 0 aliphatic carbocycles. The van der Waals surface area contributed by atoms with Crippen molar-refractivity contribution in [2.75, 3.05) is 31.1 Å². The highest BCUT2D eigenvalue weighted by molar-refractivity contribution is 7.89. The number of carbonyl (C=O) groups is 2. The fourth-order valence-corrected chi connectivity index (χ4v) is 4.47. The van der Waals surface area contributed by atoms with E-state index >= 15 is 0 Å². The Hall–Kier alpha value is -2.82. The van der Waals surface area contributed by atoms with Gasteiger partial charge in [-0.25, -0.2) is 17.5 Å². The van der Waals surface area contributed by atoms with Gasteiger partial charge in [0.1, 0.15) is 12.4 Å². The summed E-state index contributed by atoms with van der Waals surface area (Å²) in [6.07, 6.45) is 1.77. The Balaban J connectivity index is 1.73. The first kappa shape index (κ1) is 24.8. The van der Waals surface area contributed by atoms with Crippen LogP contribution in [0, 0.1) is 19.7 Å². The minimum atomic E-state index is -4.04. The molecule has 0 aromatic heterocycles. The van der Waals surface area contributed by atoms with E-state index in [1.807, 2.05) is 26.0 Å². The summed E-state index contributed by atoms with van der Waals surface area (Å²) < 4.78 is 45.9. The molecule has 0 radical (unpaired) electrons. The van der Waals surface area contributed by atoms with Gasteiger partial charge in [0.25, 0.3) is 0 Å². The number of sulfonamides is 1. The van der Waals surface area contributed by atoms with Crippen molar-refractivity contribution in [2.24, 2.45) is 0 Å². The fraction of sp³-hybridized carbons (Fsp3) is 0.391. The Labute approximate surface area is 193 Å². The number of ether oxygens (including phenoxy) is 1. The monoisotopic (exact) mass is 477 g/mol. The lowest BCUT2D eigenvalue weighted by Crippen LogP contribution is -2.46. The standard InChI is InChI=1S/C23H28FN3O5S/c1-16-5-6-17(2)21(12-16)27(15-22(28)25-13-19-4-3-11-32-19)23(29)14-26-33(30,31)20-9-7-18(24)8-10-20/h5-10,12,19,26H,3-4,11,13-15H2,1-2H3,(H,25,28). The lowest BCUT2D eigenvalue weighted by atomic mass is 10.1. The van der Waals surface area contributed by atoms with Gasteiger partial charge in [-0.3, -0.25) is 9.59 Å². The predicted octanol–water partition coefficient (Wildman–Crippen LogP) is 2.05. The van der Waals surface area contributed by atoms with Crippen LogP contribution in [0.3, 0.4) is 0 Å². The molecule has 10 heteroatoms. The van der Waals surface area contributed by atoms with Gasteiger partial charge in [-0.2, -0.15) is 0 Å². The number of hydrogen-bond acceptors (Lipinski definition) is 5. The van der Waals surface area contributed by atoms with E-state index in [0.717, 1.165) is 48.2 Å². The van der Waals surface area contributed by atoms with Crippen LogP contribution >= 0.6 is 0 Å². The minimum Gasteiger partial charge on any atom is -0.376 e. The second-order valence-electron chi connectivity index (χ2n) is 7.99. The van der Waals surface area contributed by atoms with Gasteiger partial charge in [-0.15, -0.1) is 0 Å². The van der Waals surface area contributed by atoms with Crippen LogP contribution in [0.2, 0.25) is 0 Å². The summed E-state index contributed by atoms with van der Waals surface area (Å²) in [5.41, 5.74) is 2.18. The first-order valence-electron chi connectivity index (χ1n) is 10.7. The third-order valence-corrected chi connectivity index (χ3v) is 6.76. The molecule has 178 valence electrons. The van der Waals surface area contributed by atoms with E-state index in [0.29, 0.717) is 18.8 Å². The Bertz CT molecular complexity index is 1100. The van der Waals surface area contributed by atoms with Crippen molar-refractivity contribution in [1.29, 1.82) is 0 Å². The highest BCUT2D eigenvalue weighted by atomic mass is 32.2. The molecule has 2 amide bonds. The third kappa shape index (κ3) is 6.83. The Kier molecular flexibility index (Phi) is 8.17. The van der Waals surface area contributed by atoms with Gasteiger partial charge in [0.05, 0.1) is 17.5 Å². The van der Waals surface area contributed by atoms with E-state index in [1.54, 1.807) is 6.07 Å². The van der Waals surface area contributed by atoms with E-state index < -0.39 is 28.3 Å². The zero-order valence-electron chi connectivity index (χ0n) is 18.6. The molecule has 0 spiro atoms. The molecule has 0 bridgehead atoms. The van der Waals surface area contributed by atoms with Crippen LogP contribution < -0.4 is 14.9 Å². The normalized spacial score (nSPS) is 15.9. The average molecular weight is 478 g/mol. The number of nitrogens with one attached hydrogen (secondary N) is 2. The van der Waals surface area contributed by atoms with Gasteiger partial charge in [-0.05, 0) is 68.1 Å². The summed E-state index contributed by atoms with van der Waals surface area (Å²) in [4.78, 5) is 26.8. The number of aryl methyl sites for hydroxylation is 2. The molecule has 2 aromatic rings. The van der Waals surface area contributed by atoms with Crippen LogP contribution in [-0.4, -0.2) is 52.6 Å². The molecule has 1 heterocycles. The Morgan fingerprint density at radius 1 is 1.15 bits per heavy atom. The second-order valence-corrected chi connectivity index (χ2v) is 9.75. The smallest absolute Gasteiger partial charge is 0.242 e. The highest BCUT2D eigenvalue weighted by Gasteiger charge is 2.24. The van der Waals surface area contributed by atoms with Crippen LogP contribution in [0.5, 0.6) is 0 Å². The van der Waals surface area contributed by atoms with Gasteiger partial charge < -0.3 is 15.0 Å². The number of anilines is 1. The average Bonchev–Trinajstić information content (AvgIpc) is 3.30. The second kappa shape index (κ2) is 10.9. The van der Waals surface area contributed by atoms with E-state index in [-0.39, 0.29) is 23.5 Å². The maximum atomic E-state index is 13.1. The number of nitrogens with zero attached hydrogens (tertiary/aromatic N) is 1. The fourth-order valence-electron chi connectivity index (χ4n) is 3.50. The minimum absolute atomic E-state index is 0.0404. The molecule has 1 aliphatic rings. The summed E-state index contributed by atoms with van der Waals surface area (Å²) in [5, 5.41) is 2.79. The SMILES string of the molecule is Cc1ccc(C)c(N(CC(=O)NCC2CCCO2)C(=O)CNS(=O)(=O)c2ccc(F)cc2)c1. The maximum absolute atomic E-state index is 13.1. The van der Waals surface area contributed by atoms with Crippen molar-refractivity contribution < 1.29 is 27.1 Å². The maximum Gasteiger partial charge on any atom is 0.242 e. The van der Waals surface area contributed by atoms with E-state index in [2.05, 4.69) is 10.0 Å². The molecule has 2 N–H and O–H groups in total. The molecule has 1 aliphatic heterocycles. The summed E-state index contributed by atoms with van der Waals surface area (Å²) in [6, 6.07) is 9.77. The van der Waals surface area contributed by atoms with E-state index in [9.17, 15) is 22.4 Å².